The molecule has 59 heavy (non-hydrogen) atoms. The van der Waals surface area contributed by atoms with Crippen molar-refractivity contribution < 1.29 is 0 Å². The summed E-state index contributed by atoms with van der Waals surface area (Å²) in [6.07, 6.45) is 0. The Morgan fingerprint density at radius 2 is 0.915 bits per heavy atom. The highest BCUT2D eigenvalue weighted by Gasteiger charge is 2.36. The van der Waals surface area contributed by atoms with Crippen molar-refractivity contribution >= 4 is 38.9 Å². The molecule has 11 rings (SSSR count). The minimum absolute atomic E-state index is 0.201. The van der Waals surface area contributed by atoms with Crippen LogP contribution >= 0.6 is 0 Å². The van der Waals surface area contributed by atoms with Gasteiger partial charge in [-0.15, -0.1) is 0 Å². The molecule has 0 spiro atoms. The van der Waals surface area contributed by atoms with Gasteiger partial charge in [0.1, 0.15) is 0 Å². The van der Waals surface area contributed by atoms with Crippen LogP contribution in [0.3, 0.4) is 0 Å². The molecule has 0 amide bonds. The fourth-order valence-corrected chi connectivity index (χ4v) is 9.54. The van der Waals surface area contributed by atoms with Gasteiger partial charge >= 0.3 is 0 Å². The zero-order valence-corrected chi connectivity index (χ0v) is 33.2. The van der Waals surface area contributed by atoms with Crippen molar-refractivity contribution in [2.75, 3.05) is 4.90 Å². The maximum atomic E-state index is 2.47. The van der Waals surface area contributed by atoms with Gasteiger partial charge in [-0.2, -0.15) is 0 Å². The van der Waals surface area contributed by atoms with Gasteiger partial charge in [0.2, 0.25) is 0 Å². The van der Waals surface area contributed by atoms with Gasteiger partial charge in [0.25, 0.3) is 0 Å². The van der Waals surface area contributed by atoms with E-state index in [1.165, 1.54) is 71.9 Å². The molecular formula is C57H42N2. The van der Waals surface area contributed by atoms with Gasteiger partial charge in [0.05, 0.1) is 16.7 Å². The number of anilines is 3. The number of benzene rings is 9. The van der Waals surface area contributed by atoms with E-state index in [4.69, 9.17) is 0 Å². The summed E-state index contributed by atoms with van der Waals surface area (Å²) in [5, 5.41) is 2.48. The molecule has 1 aliphatic rings. The molecule has 1 heterocycles. The van der Waals surface area contributed by atoms with Crippen LogP contribution in [0, 0.1) is 0 Å². The van der Waals surface area contributed by atoms with Gasteiger partial charge in [0, 0.05) is 38.8 Å². The average Bonchev–Trinajstić information content (AvgIpc) is 3.75. The highest BCUT2D eigenvalue weighted by Crippen LogP contribution is 2.52. The SMILES string of the molecule is CC1(C)c2cc(-c3ccccc3)ccc2-c2ccc(N(c3ccc4c5c(-c6ccccc6)cccc5n(-c5ccccc5)c4c3)c3ccccc3-c3ccccc3)cc21. The van der Waals surface area contributed by atoms with Gasteiger partial charge < -0.3 is 9.47 Å². The van der Waals surface area contributed by atoms with E-state index in [0.717, 1.165) is 28.3 Å². The third-order valence-electron chi connectivity index (χ3n) is 12.4. The Bertz CT molecular complexity index is 3160. The van der Waals surface area contributed by atoms with Crippen LogP contribution < -0.4 is 4.90 Å². The molecule has 1 aromatic heterocycles. The molecule has 2 heteroatoms. The van der Waals surface area contributed by atoms with E-state index in [9.17, 15) is 0 Å². The molecule has 0 aliphatic heterocycles. The quantitative estimate of drug-likeness (QED) is 0.157. The standard InChI is InChI=1S/C57H42N2/c1-57(2)51-36-42(39-18-7-3-8-19-39)30-33-48(51)49-34-31-44(37-52(49)57)58(53-28-16-15-26-46(53)40-20-9-4-10-21-40)45-32-35-50-55(38-45)59(43-24-13-6-14-25-43)54-29-17-27-47(56(50)54)41-22-11-5-12-23-41/h3-38H,1-2H3. The summed E-state index contributed by atoms with van der Waals surface area (Å²) in [5.74, 6) is 0. The summed E-state index contributed by atoms with van der Waals surface area (Å²) >= 11 is 0. The Balaban J connectivity index is 1.15. The van der Waals surface area contributed by atoms with Crippen molar-refractivity contribution in [1.82, 2.24) is 4.57 Å². The predicted octanol–water partition coefficient (Wildman–Crippen LogP) is 15.6. The average molecular weight is 755 g/mol. The lowest BCUT2D eigenvalue weighted by Gasteiger charge is -2.30. The highest BCUT2D eigenvalue weighted by molar-refractivity contribution is 6.16. The maximum absolute atomic E-state index is 2.47. The van der Waals surface area contributed by atoms with E-state index in [2.05, 4.69) is 242 Å². The molecule has 0 atom stereocenters. The van der Waals surface area contributed by atoms with Crippen molar-refractivity contribution in [1.29, 1.82) is 0 Å². The van der Waals surface area contributed by atoms with Gasteiger partial charge in [-0.3, -0.25) is 0 Å². The molecule has 0 saturated heterocycles. The molecule has 280 valence electrons. The molecule has 0 saturated carbocycles. The van der Waals surface area contributed by atoms with Crippen molar-refractivity contribution in [2.45, 2.75) is 19.3 Å². The minimum atomic E-state index is -0.201. The maximum Gasteiger partial charge on any atom is 0.0562 e. The summed E-state index contributed by atoms with van der Waals surface area (Å²) in [7, 11) is 0. The van der Waals surface area contributed by atoms with Crippen LogP contribution in [0.4, 0.5) is 17.1 Å². The predicted molar refractivity (Wildman–Crippen MR) is 249 cm³/mol. The summed E-state index contributed by atoms with van der Waals surface area (Å²) < 4.78 is 2.44. The first-order chi connectivity index (χ1) is 29.0. The van der Waals surface area contributed by atoms with Gasteiger partial charge in [0.15, 0.2) is 0 Å². The van der Waals surface area contributed by atoms with E-state index in [1.807, 2.05) is 0 Å². The van der Waals surface area contributed by atoms with Gasteiger partial charge in [-0.1, -0.05) is 178 Å². The van der Waals surface area contributed by atoms with E-state index in [1.54, 1.807) is 0 Å². The molecule has 0 N–H and O–H groups in total. The third-order valence-corrected chi connectivity index (χ3v) is 12.4. The molecule has 2 nitrogen and oxygen atoms in total. The van der Waals surface area contributed by atoms with Crippen molar-refractivity contribution in [3.8, 4) is 50.2 Å². The first kappa shape index (κ1) is 34.8. The van der Waals surface area contributed by atoms with Crippen LogP contribution in [0.1, 0.15) is 25.0 Å². The van der Waals surface area contributed by atoms with Crippen LogP contribution in [-0.4, -0.2) is 4.57 Å². The first-order valence-electron chi connectivity index (χ1n) is 20.5. The number of fused-ring (bicyclic) bond motifs is 6. The summed E-state index contributed by atoms with van der Waals surface area (Å²) in [6, 6.07) is 79.8. The lowest BCUT2D eigenvalue weighted by molar-refractivity contribution is 0.660. The summed E-state index contributed by atoms with van der Waals surface area (Å²) in [4.78, 5) is 2.47. The molecule has 10 aromatic rings. The van der Waals surface area contributed by atoms with Crippen molar-refractivity contribution in [3.05, 3.63) is 230 Å². The fourth-order valence-electron chi connectivity index (χ4n) is 9.54. The number of hydrogen-bond donors (Lipinski definition) is 0. The lowest BCUT2D eigenvalue weighted by Crippen LogP contribution is -2.17. The molecule has 0 fully saturated rings. The van der Waals surface area contributed by atoms with Crippen LogP contribution in [0.2, 0.25) is 0 Å². The number of hydrogen-bond acceptors (Lipinski definition) is 1. The Labute approximate surface area is 345 Å². The minimum Gasteiger partial charge on any atom is -0.310 e. The fraction of sp³-hybridized carbons (Fsp3) is 0.0526. The topological polar surface area (TPSA) is 8.17 Å². The Morgan fingerprint density at radius 1 is 0.373 bits per heavy atom. The Morgan fingerprint density at radius 3 is 1.63 bits per heavy atom. The highest BCUT2D eigenvalue weighted by atomic mass is 15.1. The zero-order valence-electron chi connectivity index (χ0n) is 33.2. The van der Waals surface area contributed by atoms with Gasteiger partial charge in [-0.25, -0.2) is 0 Å². The van der Waals surface area contributed by atoms with Gasteiger partial charge in [-0.05, 0) is 105 Å². The number of para-hydroxylation sites is 2. The number of nitrogens with zero attached hydrogens (tertiary/aromatic N) is 2. The Hall–Kier alpha value is -7.42. The summed E-state index contributed by atoms with van der Waals surface area (Å²) in [5.41, 5.74) is 19.3. The monoisotopic (exact) mass is 754 g/mol. The molecule has 9 aromatic carbocycles. The van der Waals surface area contributed by atoms with Crippen LogP contribution in [0.5, 0.6) is 0 Å². The zero-order chi connectivity index (χ0) is 39.5. The largest absolute Gasteiger partial charge is 0.310 e. The molecule has 0 bridgehead atoms. The van der Waals surface area contributed by atoms with Crippen LogP contribution in [0.15, 0.2) is 218 Å². The van der Waals surface area contributed by atoms with Crippen LogP contribution in [-0.2, 0) is 5.41 Å². The smallest absolute Gasteiger partial charge is 0.0562 e. The molecule has 0 radical (unpaired) electrons. The Kier molecular flexibility index (Phi) is 8.20. The second kappa shape index (κ2) is 13.9. The first-order valence-corrected chi connectivity index (χ1v) is 20.5. The van der Waals surface area contributed by atoms with E-state index in [0.29, 0.717) is 0 Å². The normalized spacial score (nSPS) is 12.7. The lowest BCUT2D eigenvalue weighted by atomic mass is 9.81. The third kappa shape index (κ3) is 5.71. The number of aromatic nitrogens is 1. The second-order valence-corrected chi connectivity index (χ2v) is 16.1. The van der Waals surface area contributed by atoms with E-state index in [-0.39, 0.29) is 5.41 Å². The van der Waals surface area contributed by atoms with Crippen molar-refractivity contribution in [2.24, 2.45) is 0 Å². The van der Waals surface area contributed by atoms with E-state index < -0.39 is 0 Å². The second-order valence-electron chi connectivity index (χ2n) is 16.1. The molecule has 1 aliphatic carbocycles. The molecule has 0 unspecified atom stereocenters. The van der Waals surface area contributed by atoms with Crippen molar-refractivity contribution in [3.63, 3.8) is 0 Å². The summed E-state index contributed by atoms with van der Waals surface area (Å²) in [6.45, 7) is 4.76. The van der Waals surface area contributed by atoms with E-state index >= 15 is 0 Å². The molecular weight excluding hydrogens is 713 g/mol. The van der Waals surface area contributed by atoms with Crippen LogP contribution in [0.25, 0.3) is 72.0 Å². The number of rotatable bonds is 7.